The summed E-state index contributed by atoms with van der Waals surface area (Å²) in [5, 5.41) is 12.9. The van der Waals surface area contributed by atoms with E-state index in [1.165, 1.54) is 0 Å². The second-order valence-corrected chi connectivity index (χ2v) is 10.4. The number of rotatable bonds is 19. The number of aliphatic carboxylic acids is 1. The minimum Gasteiger partial charge on any atom is -0.491 e. The van der Waals surface area contributed by atoms with Crippen molar-refractivity contribution < 1.29 is 38.4 Å². The zero-order chi connectivity index (χ0) is 26.9. The number of carboxylic acid groups (broad SMARTS) is 1. The molecule has 2 rings (SSSR count). The number of hydrogen-bond acceptors (Lipinski definition) is 9. The number of fused-ring (bicyclic) bond motifs is 1. The van der Waals surface area contributed by atoms with E-state index in [4.69, 9.17) is 28.8 Å². The normalized spacial score (nSPS) is 14.4. The van der Waals surface area contributed by atoms with Gasteiger partial charge in [-0.2, -0.15) is 17.7 Å². The summed E-state index contributed by atoms with van der Waals surface area (Å²) in [5.74, 6) is -0.236. The third-order valence-electron chi connectivity index (χ3n) is 5.23. The molecule has 208 valence electrons. The van der Waals surface area contributed by atoms with Crippen LogP contribution in [0.15, 0.2) is 23.3 Å². The average molecular weight is 541 g/mol. The predicted molar refractivity (Wildman–Crippen MR) is 143 cm³/mol. The molecule has 1 amide bonds. The van der Waals surface area contributed by atoms with Crippen LogP contribution >= 0.6 is 12.6 Å². The van der Waals surface area contributed by atoms with Crippen LogP contribution in [-0.2, 0) is 35.0 Å². The molecule has 0 aliphatic heterocycles. The van der Waals surface area contributed by atoms with E-state index in [0.29, 0.717) is 59.3 Å². The molecule has 0 saturated heterocycles. The summed E-state index contributed by atoms with van der Waals surface area (Å²) in [6.45, 7) is 7.44. The van der Waals surface area contributed by atoms with Crippen LogP contribution in [0.4, 0.5) is 0 Å². The van der Waals surface area contributed by atoms with Gasteiger partial charge in [-0.05, 0) is 43.0 Å². The molecule has 0 unspecified atom stereocenters. The SMILES string of the molecule is CC(C)(S)CC(=O)NN=C1CCCc2cc(OCCOCCOCCOCCOCCC(=O)O)ccc21. The second kappa shape index (κ2) is 17.4. The van der Waals surface area contributed by atoms with Crippen molar-refractivity contribution in [3.8, 4) is 5.75 Å². The molecule has 0 atom stereocenters. The first-order chi connectivity index (χ1) is 17.7. The Labute approximate surface area is 224 Å². The Balaban J connectivity index is 1.55. The van der Waals surface area contributed by atoms with Gasteiger partial charge in [0.25, 0.3) is 0 Å². The number of carbonyl (C=O) groups is 2. The number of nitrogens with zero attached hydrogens (tertiary/aromatic N) is 1. The lowest BCUT2D eigenvalue weighted by atomic mass is 9.90. The van der Waals surface area contributed by atoms with E-state index >= 15 is 0 Å². The topological polar surface area (TPSA) is 125 Å². The molecule has 10 nitrogen and oxygen atoms in total. The molecule has 0 spiro atoms. The monoisotopic (exact) mass is 540 g/mol. The highest BCUT2D eigenvalue weighted by atomic mass is 32.1. The molecule has 0 bridgehead atoms. The average Bonchev–Trinajstić information content (AvgIpc) is 2.83. The van der Waals surface area contributed by atoms with Crippen LogP contribution in [0.1, 0.15) is 50.7 Å². The highest BCUT2D eigenvalue weighted by Crippen LogP contribution is 2.26. The van der Waals surface area contributed by atoms with Crippen LogP contribution in [0.3, 0.4) is 0 Å². The first kappa shape index (κ1) is 31.0. The number of benzene rings is 1. The molecule has 11 heteroatoms. The van der Waals surface area contributed by atoms with Gasteiger partial charge in [0.15, 0.2) is 0 Å². The van der Waals surface area contributed by atoms with Crippen molar-refractivity contribution in [3.63, 3.8) is 0 Å². The summed E-state index contributed by atoms with van der Waals surface area (Å²) >= 11 is 4.39. The van der Waals surface area contributed by atoms with Gasteiger partial charge in [0.2, 0.25) is 5.91 Å². The maximum absolute atomic E-state index is 12.1. The highest BCUT2D eigenvalue weighted by Gasteiger charge is 2.19. The minimum atomic E-state index is -0.875. The number of carboxylic acids is 1. The lowest BCUT2D eigenvalue weighted by molar-refractivity contribution is -0.138. The van der Waals surface area contributed by atoms with Crippen LogP contribution in [0.25, 0.3) is 0 Å². The Morgan fingerprint density at radius 3 is 2.14 bits per heavy atom. The van der Waals surface area contributed by atoms with Crippen LogP contribution in [0, 0.1) is 0 Å². The van der Waals surface area contributed by atoms with Crippen LogP contribution < -0.4 is 10.2 Å². The summed E-state index contributed by atoms with van der Waals surface area (Å²) < 4.78 is 26.9. The van der Waals surface area contributed by atoms with Gasteiger partial charge in [-0.3, -0.25) is 9.59 Å². The van der Waals surface area contributed by atoms with Gasteiger partial charge in [0.1, 0.15) is 12.4 Å². The number of hydrazone groups is 1. The largest absolute Gasteiger partial charge is 0.491 e. The molecule has 0 aromatic heterocycles. The van der Waals surface area contributed by atoms with Gasteiger partial charge in [0, 0.05) is 16.7 Å². The quantitative estimate of drug-likeness (QED) is 0.139. The van der Waals surface area contributed by atoms with Crippen molar-refractivity contribution in [1.29, 1.82) is 0 Å². The zero-order valence-corrected chi connectivity index (χ0v) is 22.7. The van der Waals surface area contributed by atoms with Crippen molar-refractivity contribution in [2.75, 3.05) is 59.5 Å². The molecule has 0 saturated carbocycles. The number of aryl methyl sites for hydroxylation is 1. The van der Waals surface area contributed by atoms with E-state index in [1.54, 1.807) is 0 Å². The molecule has 1 aromatic rings. The number of amides is 1. The molecule has 1 aliphatic carbocycles. The Morgan fingerprint density at radius 1 is 0.946 bits per heavy atom. The standard InChI is InChI=1S/C26H40N2O8S/c1-26(2,37)19-24(29)28-27-23-5-3-4-20-18-21(6-7-22(20)23)36-17-16-35-15-14-34-13-12-33-11-10-32-9-8-25(30)31/h6-7,18,37H,3-5,8-17,19H2,1-2H3,(H,28,29)(H,30,31). The Bertz CT molecular complexity index is 873. The maximum atomic E-state index is 12.1. The van der Waals surface area contributed by atoms with E-state index in [9.17, 15) is 9.59 Å². The Hall–Kier alpha value is -2.18. The van der Waals surface area contributed by atoms with Crippen LogP contribution in [0.5, 0.6) is 5.75 Å². The second-order valence-electron chi connectivity index (χ2n) is 9.20. The summed E-state index contributed by atoms with van der Waals surface area (Å²) in [6.07, 6.45) is 3.03. The van der Waals surface area contributed by atoms with Crippen molar-refractivity contribution in [1.82, 2.24) is 5.43 Å². The predicted octanol–water partition coefficient (Wildman–Crippen LogP) is 2.86. The van der Waals surface area contributed by atoms with Gasteiger partial charge >= 0.3 is 5.97 Å². The lowest BCUT2D eigenvalue weighted by Crippen LogP contribution is -2.27. The summed E-state index contributed by atoms with van der Waals surface area (Å²) in [6, 6.07) is 5.94. The first-order valence-corrected chi connectivity index (χ1v) is 13.1. The molecular formula is C26H40N2O8S. The summed E-state index contributed by atoms with van der Waals surface area (Å²) in [7, 11) is 0. The van der Waals surface area contributed by atoms with Crippen molar-refractivity contribution in [3.05, 3.63) is 29.3 Å². The van der Waals surface area contributed by atoms with Gasteiger partial charge < -0.3 is 28.8 Å². The molecule has 1 aromatic carbocycles. The third kappa shape index (κ3) is 14.4. The van der Waals surface area contributed by atoms with Crippen molar-refractivity contribution in [2.24, 2.45) is 5.10 Å². The number of hydrogen-bond donors (Lipinski definition) is 3. The van der Waals surface area contributed by atoms with Crippen LogP contribution in [0.2, 0.25) is 0 Å². The van der Waals surface area contributed by atoms with Gasteiger partial charge in [-0.25, -0.2) is 5.43 Å². The Kier molecular flexibility index (Phi) is 14.6. The Morgan fingerprint density at radius 2 is 1.54 bits per heavy atom. The number of thiol groups is 1. The number of nitrogens with one attached hydrogen (secondary N) is 1. The minimum absolute atomic E-state index is 0.00403. The fraction of sp³-hybridized carbons (Fsp3) is 0.654. The van der Waals surface area contributed by atoms with E-state index in [-0.39, 0.29) is 23.7 Å². The van der Waals surface area contributed by atoms with Crippen LogP contribution in [-0.4, -0.2) is 86.9 Å². The fourth-order valence-corrected chi connectivity index (χ4v) is 3.69. The van der Waals surface area contributed by atoms with Gasteiger partial charge in [-0.1, -0.05) is 13.8 Å². The van der Waals surface area contributed by atoms with Gasteiger partial charge in [-0.15, -0.1) is 0 Å². The van der Waals surface area contributed by atoms with Gasteiger partial charge in [0.05, 0.1) is 65.0 Å². The smallest absolute Gasteiger partial charge is 0.305 e. The third-order valence-corrected chi connectivity index (χ3v) is 5.39. The molecule has 1 aliphatic rings. The molecule has 0 fully saturated rings. The molecule has 0 radical (unpaired) electrons. The van der Waals surface area contributed by atoms with E-state index < -0.39 is 5.97 Å². The van der Waals surface area contributed by atoms with Crippen molar-refractivity contribution in [2.45, 2.75) is 50.7 Å². The maximum Gasteiger partial charge on any atom is 0.305 e. The molecule has 2 N–H and O–H groups in total. The first-order valence-electron chi connectivity index (χ1n) is 12.6. The number of carbonyl (C=O) groups excluding carboxylic acids is 1. The molecular weight excluding hydrogens is 500 g/mol. The molecule has 37 heavy (non-hydrogen) atoms. The van der Waals surface area contributed by atoms with E-state index in [1.807, 2.05) is 32.0 Å². The summed E-state index contributed by atoms with van der Waals surface area (Å²) in [4.78, 5) is 22.4. The fourth-order valence-electron chi connectivity index (χ4n) is 3.55. The van der Waals surface area contributed by atoms with E-state index in [2.05, 4.69) is 23.2 Å². The lowest BCUT2D eigenvalue weighted by Gasteiger charge is -2.20. The van der Waals surface area contributed by atoms with Crippen molar-refractivity contribution >= 4 is 30.2 Å². The molecule has 0 heterocycles. The highest BCUT2D eigenvalue weighted by molar-refractivity contribution is 7.81. The van der Waals surface area contributed by atoms with E-state index in [0.717, 1.165) is 41.9 Å². The summed E-state index contributed by atoms with van der Waals surface area (Å²) in [5.41, 5.74) is 5.76. The zero-order valence-electron chi connectivity index (χ0n) is 21.8. The number of ether oxygens (including phenoxy) is 5.